The van der Waals surface area contributed by atoms with Gasteiger partial charge in [0.15, 0.2) is 0 Å². The van der Waals surface area contributed by atoms with E-state index >= 15 is 0 Å². The van der Waals surface area contributed by atoms with Gasteiger partial charge < -0.3 is 0 Å². The predicted molar refractivity (Wildman–Crippen MR) is 75.7 cm³/mol. The molecule has 0 atom stereocenters. The average molecular weight is 337 g/mol. The lowest BCUT2D eigenvalue weighted by Crippen LogP contribution is -2.39. The van der Waals surface area contributed by atoms with Gasteiger partial charge in [0.2, 0.25) is 10.0 Å². The Labute approximate surface area is 123 Å². The maximum absolute atomic E-state index is 13.3. The highest BCUT2D eigenvalue weighted by molar-refractivity contribution is 7.91. The third-order valence-electron chi connectivity index (χ3n) is 3.14. The Bertz CT molecular complexity index is 728. The van der Waals surface area contributed by atoms with Crippen LogP contribution in [0.2, 0.25) is 0 Å². The third-order valence-corrected chi connectivity index (χ3v) is 5.63. The van der Waals surface area contributed by atoms with E-state index in [0.717, 1.165) is 37.5 Å². The van der Waals surface area contributed by atoms with Crippen molar-refractivity contribution in [2.75, 3.05) is 17.8 Å². The van der Waals surface area contributed by atoms with E-state index in [0.29, 0.717) is 13.1 Å². The first-order valence-corrected chi connectivity index (χ1v) is 9.29. The van der Waals surface area contributed by atoms with Crippen LogP contribution < -0.4 is 9.86 Å². The summed E-state index contributed by atoms with van der Waals surface area (Å²) in [5, 5.41) is 5.01. The zero-order chi connectivity index (χ0) is 15.7. The molecule has 0 amide bonds. The summed E-state index contributed by atoms with van der Waals surface area (Å²) < 4.78 is 63.8. The summed E-state index contributed by atoms with van der Waals surface area (Å²) in [5.74, 6) is -0.765. The molecule has 0 saturated carbocycles. The van der Waals surface area contributed by atoms with Gasteiger partial charge in [-0.1, -0.05) is 6.42 Å². The van der Waals surface area contributed by atoms with E-state index in [2.05, 4.69) is 4.72 Å². The second kappa shape index (κ2) is 5.87. The Balaban J connectivity index is 2.36. The molecule has 2 rings (SSSR count). The topological polar surface area (TPSA) is 110 Å². The van der Waals surface area contributed by atoms with Crippen molar-refractivity contribution in [3.63, 3.8) is 0 Å². The van der Waals surface area contributed by atoms with Crippen molar-refractivity contribution >= 4 is 25.9 Å². The molecule has 1 aliphatic heterocycles. The van der Waals surface area contributed by atoms with E-state index in [-0.39, 0.29) is 5.69 Å². The fraction of sp³-hybridized carbons (Fsp3) is 0.455. The summed E-state index contributed by atoms with van der Waals surface area (Å²) >= 11 is 0. The van der Waals surface area contributed by atoms with Crippen LogP contribution in [0.25, 0.3) is 0 Å². The summed E-state index contributed by atoms with van der Waals surface area (Å²) in [6, 6.07) is 2.62. The summed E-state index contributed by atoms with van der Waals surface area (Å²) in [7, 11) is -8.10. The molecule has 1 aromatic rings. The number of nitrogens with two attached hydrogens (primary N) is 1. The van der Waals surface area contributed by atoms with Gasteiger partial charge in [0, 0.05) is 13.1 Å². The fourth-order valence-corrected chi connectivity index (χ4v) is 4.19. The molecule has 0 aliphatic carbocycles. The van der Waals surface area contributed by atoms with Crippen molar-refractivity contribution in [1.29, 1.82) is 0 Å². The number of benzene rings is 1. The molecule has 1 fully saturated rings. The van der Waals surface area contributed by atoms with Crippen molar-refractivity contribution < 1.29 is 21.2 Å². The number of anilines is 1. The normalized spacial score (nSPS) is 17.6. The highest BCUT2D eigenvalue weighted by Gasteiger charge is 2.26. The summed E-state index contributed by atoms with van der Waals surface area (Å²) in [6.45, 7) is 0.685. The lowest BCUT2D eigenvalue weighted by Gasteiger charge is -2.26. The number of nitrogens with one attached hydrogen (secondary N) is 1. The summed E-state index contributed by atoms with van der Waals surface area (Å²) in [6.07, 6.45) is 2.40. The van der Waals surface area contributed by atoms with E-state index < -0.39 is 30.9 Å². The molecule has 0 bridgehead atoms. The van der Waals surface area contributed by atoms with Crippen LogP contribution >= 0.6 is 0 Å². The van der Waals surface area contributed by atoms with Crippen molar-refractivity contribution in [1.82, 2.24) is 4.31 Å². The van der Waals surface area contributed by atoms with E-state index in [1.807, 2.05) is 0 Å². The Kier molecular flexibility index (Phi) is 4.51. The lowest BCUT2D eigenvalue weighted by atomic mass is 10.2. The van der Waals surface area contributed by atoms with Gasteiger partial charge in [-0.05, 0) is 31.0 Å². The van der Waals surface area contributed by atoms with E-state index in [4.69, 9.17) is 5.14 Å². The maximum atomic E-state index is 13.3. The predicted octanol–water partition coefficient (Wildman–Crippen LogP) is 0.616. The first kappa shape index (κ1) is 16.1. The van der Waals surface area contributed by atoms with Crippen molar-refractivity contribution in [3.05, 3.63) is 24.0 Å². The smallest absolute Gasteiger partial charge is 0.269 e. The number of sulfonamides is 1. The molecular weight excluding hydrogens is 321 g/mol. The molecule has 10 heteroatoms. The average Bonchev–Trinajstić information content (AvgIpc) is 2.38. The number of hydrogen-bond donors (Lipinski definition) is 2. The molecular formula is C11H16FN3O4S2. The minimum absolute atomic E-state index is 0.343. The van der Waals surface area contributed by atoms with Crippen molar-refractivity contribution in [2.24, 2.45) is 5.14 Å². The van der Waals surface area contributed by atoms with Crippen LogP contribution in [0.3, 0.4) is 0 Å². The van der Waals surface area contributed by atoms with Gasteiger partial charge in [0.25, 0.3) is 0 Å². The minimum Gasteiger partial charge on any atom is -0.269 e. The summed E-state index contributed by atoms with van der Waals surface area (Å²) in [5.41, 5.74) is -0.386. The van der Waals surface area contributed by atoms with Gasteiger partial charge in [0.1, 0.15) is 10.7 Å². The standard InChI is InChI=1S/C11H16FN3O4S2/c12-9-4-5-11(20(13,16)17)10(8-9)14-21(18,19)15-6-2-1-3-7-15/h4-5,8,14H,1-3,6-7H2,(H2,13,16,17). The second-order valence-electron chi connectivity index (χ2n) is 4.75. The van der Waals surface area contributed by atoms with Crippen LogP contribution in [-0.2, 0) is 20.2 Å². The van der Waals surface area contributed by atoms with Crippen LogP contribution in [0.1, 0.15) is 19.3 Å². The fourth-order valence-electron chi connectivity index (χ4n) is 2.14. The molecule has 7 nitrogen and oxygen atoms in total. The second-order valence-corrected chi connectivity index (χ2v) is 7.95. The number of halogens is 1. The molecule has 0 aromatic heterocycles. The molecule has 1 aliphatic rings. The number of nitrogens with zero attached hydrogens (tertiary/aromatic N) is 1. The zero-order valence-electron chi connectivity index (χ0n) is 11.1. The third kappa shape index (κ3) is 3.90. The van der Waals surface area contributed by atoms with E-state index in [1.165, 1.54) is 4.31 Å². The number of hydrogen-bond acceptors (Lipinski definition) is 4. The van der Waals surface area contributed by atoms with Gasteiger partial charge in [0.05, 0.1) is 5.69 Å². The summed E-state index contributed by atoms with van der Waals surface area (Å²) in [4.78, 5) is -0.468. The number of primary sulfonamides is 1. The molecule has 0 unspecified atom stereocenters. The Morgan fingerprint density at radius 1 is 1.10 bits per heavy atom. The zero-order valence-corrected chi connectivity index (χ0v) is 12.8. The van der Waals surface area contributed by atoms with Gasteiger partial charge in [-0.15, -0.1) is 0 Å². The minimum atomic E-state index is -4.17. The van der Waals surface area contributed by atoms with Crippen LogP contribution in [0.15, 0.2) is 23.1 Å². The largest absolute Gasteiger partial charge is 0.301 e. The van der Waals surface area contributed by atoms with Crippen LogP contribution in [-0.4, -0.2) is 34.2 Å². The van der Waals surface area contributed by atoms with Gasteiger partial charge in [-0.25, -0.2) is 17.9 Å². The first-order chi connectivity index (χ1) is 9.70. The van der Waals surface area contributed by atoms with Crippen molar-refractivity contribution in [2.45, 2.75) is 24.2 Å². The number of rotatable bonds is 4. The molecule has 1 saturated heterocycles. The van der Waals surface area contributed by atoms with Crippen LogP contribution in [0.5, 0.6) is 0 Å². The van der Waals surface area contributed by atoms with E-state index in [1.54, 1.807) is 0 Å². The quantitative estimate of drug-likeness (QED) is 0.839. The monoisotopic (exact) mass is 337 g/mol. The van der Waals surface area contributed by atoms with Crippen molar-refractivity contribution in [3.8, 4) is 0 Å². The molecule has 1 aromatic carbocycles. The Morgan fingerprint density at radius 2 is 1.71 bits per heavy atom. The van der Waals surface area contributed by atoms with E-state index in [9.17, 15) is 21.2 Å². The molecule has 1 heterocycles. The highest BCUT2D eigenvalue weighted by atomic mass is 32.2. The highest BCUT2D eigenvalue weighted by Crippen LogP contribution is 2.24. The lowest BCUT2D eigenvalue weighted by molar-refractivity contribution is 0.349. The van der Waals surface area contributed by atoms with Crippen LogP contribution in [0, 0.1) is 5.82 Å². The maximum Gasteiger partial charge on any atom is 0.301 e. The van der Waals surface area contributed by atoms with Gasteiger partial charge >= 0.3 is 10.2 Å². The molecule has 3 N–H and O–H groups in total. The molecule has 118 valence electrons. The first-order valence-electron chi connectivity index (χ1n) is 6.30. The van der Waals surface area contributed by atoms with Crippen LogP contribution in [0.4, 0.5) is 10.1 Å². The Morgan fingerprint density at radius 3 is 2.29 bits per heavy atom. The Hall–Kier alpha value is -1.23. The molecule has 21 heavy (non-hydrogen) atoms. The number of piperidine rings is 1. The molecule has 0 spiro atoms. The van der Waals surface area contributed by atoms with Gasteiger partial charge in [-0.3, -0.25) is 4.72 Å². The SMILES string of the molecule is NS(=O)(=O)c1ccc(F)cc1NS(=O)(=O)N1CCCCC1. The molecule has 0 radical (unpaired) electrons. The van der Waals surface area contributed by atoms with Gasteiger partial charge in [-0.2, -0.15) is 12.7 Å².